The fraction of sp³-hybridized carbons (Fsp3) is 1.00. The number of nitrogens with zero attached hydrogens (tertiary/aromatic N) is 1. The number of alkyl halides is 6. The minimum atomic E-state index is -4.34. The van der Waals surface area contributed by atoms with Crippen molar-refractivity contribution in [3.05, 3.63) is 0 Å². The minimum absolute atomic E-state index is 0.131. The molecule has 0 radical (unpaired) electrons. The average molecular weight is 292 g/mol. The topological polar surface area (TPSA) is 15.3 Å². The molecule has 0 aromatic carbocycles. The zero-order valence-electron chi connectivity index (χ0n) is 10.6. The van der Waals surface area contributed by atoms with Gasteiger partial charge in [0.2, 0.25) is 0 Å². The van der Waals surface area contributed by atoms with Gasteiger partial charge in [-0.05, 0) is 18.9 Å². The van der Waals surface area contributed by atoms with E-state index in [1.807, 2.05) is 0 Å². The maximum Gasteiger partial charge on any atom is 0.401 e. The maximum absolute atomic E-state index is 12.4. The molecule has 1 heterocycles. The summed E-state index contributed by atoms with van der Waals surface area (Å²) < 4.78 is 73.4. The highest BCUT2D eigenvalue weighted by Gasteiger charge is 2.37. The second-order valence-corrected chi connectivity index (χ2v) is 4.97. The van der Waals surface area contributed by atoms with Gasteiger partial charge in [0.1, 0.15) is 0 Å². The Morgan fingerprint density at radius 1 is 1.05 bits per heavy atom. The van der Waals surface area contributed by atoms with E-state index in [0.717, 1.165) is 0 Å². The first-order chi connectivity index (χ1) is 8.59. The molecule has 114 valence electrons. The molecule has 1 fully saturated rings. The first kappa shape index (κ1) is 16.6. The summed E-state index contributed by atoms with van der Waals surface area (Å²) in [5.41, 5.74) is 0. The van der Waals surface area contributed by atoms with Crippen LogP contribution in [0.1, 0.15) is 19.8 Å². The van der Waals surface area contributed by atoms with E-state index in [4.69, 9.17) is 0 Å². The Kier molecular flexibility index (Phi) is 5.49. The summed E-state index contributed by atoms with van der Waals surface area (Å²) in [7, 11) is 0. The minimum Gasteiger partial charge on any atom is -0.305 e. The van der Waals surface area contributed by atoms with Crippen molar-refractivity contribution in [1.82, 2.24) is 10.2 Å². The molecule has 1 aliphatic rings. The predicted molar refractivity (Wildman–Crippen MR) is 58.7 cm³/mol. The Morgan fingerprint density at radius 2 is 1.68 bits per heavy atom. The van der Waals surface area contributed by atoms with E-state index in [2.05, 4.69) is 5.32 Å². The van der Waals surface area contributed by atoms with Crippen molar-refractivity contribution in [3.63, 3.8) is 0 Å². The quantitative estimate of drug-likeness (QED) is 0.802. The zero-order valence-corrected chi connectivity index (χ0v) is 10.6. The van der Waals surface area contributed by atoms with Gasteiger partial charge >= 0.3 is 12.4 Å². The van der Waals surface area contributed by atoms with Crippen LogP contribution in [0.15, 0.2) is 0 Å². The third kappa shape index (κ3) is 7.00. The fourth-order valence-corrected chi connectivity index (χ4v) is 2.44. The molecule has 0 aromatic rings. The number of nitrogens with one attached hydrogen (secondary N) is 1. The van der Waals surface area contributed by atoms with Gasteiger partial charge in [0.25, 0.3) is 0 Å². The summed E-state index contributed by atoms with van der Waals surface area (Å²) in [5, 5.41) is 2.31. The maximum atomic E-state index is 12.4. The Balaban J connectivity index is 2.52. The highest BCUT2D eigenvalue weighted by Crippen LogP contribution is 2.30. The summed E-state index contributed by atoms with van der Waals surface area (Å²) in [6.45, 7) is 1.82. The van der Waals surface area contributed by atoms with Gasteiger partial charge in [0, 0.05) is 25.6 Å². The number of likely N-dealkylation sites (N-methyl/N-ethyl adjacent to an activating group) is 1. The first-order valence-electron chi connectivity index (χ1n) is 6.18. The van der Waals surface area contributed by atoms with Crippen molar-refractivity contribution in [1.29, 1.82) is 0 Å². The van der Waals surface area contributed by atoms with Crippen molar-refractivity contribution in [3.8, 4) is 0 Å². The summed E-state index contributed by atoms with van der Waals surface area (Å²) in [6.07, 6.45) is -9.41. The van der Waals surface area contributed by atoms with Gasteiger partial charge in [-0.15, -0.1) is 0 Å². The van der Waals surface area contributed by atoms with Gasteiger partial charge in [0.15, 0.2) is 0 Å². The van der Waals surface area contributed by atoms with E-state index >= 15 is 0 Å². The summed E-state index contributed by atoms with van der Waals surface area (Å²) in [4.78, 5) is 1.76. The van der Waals surface area contributed by atoms with Gasteiger partial charge < -0.3 is 10.2 Å². The first-order valence-corrected chi connectivity index (χ1v) is 6.18. The van der Waals surface area contributed by atoms with Crippen molar-refractivity contribution in [2.24, 2.45) is 5.92 Å². The van der Waals surface area contributed by atoms with Crippen LogP contribution in [0.4, 0.5) is 26.3 Å². The van der Waals surface area contributed by atoms with Crippen LogP contribution in [-0.2, 0) is 0 Å². The monoisotopic (exact) mass is 292 g/mol. The van der Waals surface area contributed by atoms with Crippen LogP contribution >= 0.6 is 0 Å². The fourth-order valence-electron chi connectivity index (χ4n) is 2.44. The van der Waals surface area contributed by atoms with Crippen LogP contribution in [0.5, 0.6) is 0 Å². The van der Waals surface area contributed by atoms with Gasteiger partial charge in [-0.1, -0.05) is 6.92 Å². The molecular weight excluding hydrogens is 274 g/mol. The number of likely N-dealkylation sites (tertiary alicyclic amines) is 1. The molecule has 0 aromatic heterocycles. The molecule has 1 aliphatic heterocycles. The second kappa shape index (κ2) is 6.30. The molecule has 1 saturated heterocycles. The summed E-state index contributed by atoms with van der Waals surface area (Å²) >= 11 is 0. The molecule has 8 heteroatoms. The molecule has 0 bridgehead atoms. The lowest BCUT2D eigenvalue weighted by molar-refractivity contribution is -0.150. The number of hydrogen-bond acceptors (Lipinski definition) is 2. The summed E-state index contributed by atoms with van der Waals surface area (Å²) in [5.74, 6) is -0.639. The van der Waals surface area contributed by atoms with E-state index in [1.165, 1.54) is 0 Å². The van der Waals surface area contributed by atoms with E-state index in [1.54, 1.807) is 11.8 Å². The van der Waals surface area contributed by atoms with Crippen LogP contribution in [0.25, 0.3) is 0 Å². The van der Waals surface area contributed by atoms with Crippen molar-refractivity contribution in [2.75, 3.05) is 26.2 Å². The van der Waals surface area contributed by atoms with E-state index in [-0.39, 0.29) is 6.42 Å². The molecular formula is C11H18F6N2. The average Bonchev–Trinajstić information content (AvgIpc) is 2.22. The van der Waals surface area contributed by atoms with Gasteiger partial charge in [-0.3, -0.25) is 0 Å². The van der Waals surface area contributed by atoms with E-state index in [0.29, 0.717) is 19.6 Å². The van der Waals surface area contributed by atoms with Gasteiger partial charge in [-0.2, -0.15) is 26.3 Å². The Labute approximate surface area is 108 Å². The number of hydrogen-bond donors (Lipinski definition) is 1. The van der Waals surface area contributed by atoms with Crippen LogP contribution in [0, 0.1) is 5.92 Å². The lowest BCUT2D eigenvalue weighted by Gasteiger charge is -2.38. The van der Waals surface area contributed by atoms with Crippen LogP contribution in [-0.4, -0.2) is 49.5 Å². The normalized spacial score (nSPS) is 26.7. The SMILES string of the molecule is CCN1CC(CC(F)(F)F)CC(NCC(F)(F)F)C1. The molecule has 1 rings (SSSR count). The highest BCUT2D eigenvalue weighted by molar-refractivity contribution is 4.84. The van der Waals surface area contributed by atoms with E-state index in [9.17, 15) is 26.3 Å². The van der Waals surface area contributed by atoms with E-state index < -0.39 is 37.3 Å². The highest BCUT2D eigenvalue weighted by atomic mass is 19.4. The van der Waals surface area contributed by atoms with Crippen molar-refractivity contribution in [2.45, 2.75) is 38.2 Å². The smallest absolute Gasteiger partial charge is 0.305 e. The number of rotatable bonds is 4. The van der Waals surface area contributed by atoms with Crippen LogP contribution in [0.2, 0.25) is 0 Å². The molecule has 2 nitrogen and oxygen atoms in total. The number of piperidine rings is 1. The zero-order chi connectivity index (χ0) is 14.7. The molecule has 0 aliphatic carbocycles. The molecule has 0 amide bonds. The molecule has 2 atom stereocenters. The Morgan fingerprint density at radius 3 is 2.16 bits per heavy atom. The standard InChI is InChI=1S/C11H18F6N2/c1-2-19-5-8(4-10(12,13)14)3-9(6-19)18-7-11(15,16)17/h8-9,18H,2-7H2,1H3. The van der Waals surface area contributed by atoms with Gasteiger partial charge in [-0.25, -0.2) is 0 Å². The molecule has 19 heavy (non-hydrogen) atoms. The number of halogens is 6. The van der Waals surface area contributed by atoms with Crippen molar-refractivity contribution >= 4 is 0 Å². The van der Waals surface area contributed by atoms with Crippen molar-refractivity contribution < 1.29 is 26.3 Å². The predicted octanol–water partition coefficient (Wildman–Crippen LogP) is 2.80. The van der Waals surface area contributed by atoms with Gasteiger partial charge in [0.05, 0.1) is 6.54 Å². The Bertz CT molecular complexity index is 275. The molecule has 1 N–H and O–H groups in total. The van der Waals surface area contributed by atoms with Crippen LogP contribution in [0.3, 0.4) is 0 Å². The molecule has 2 unspecified atom stereocenters. The Hall–Kier alpha value is -0.500. The molecule has 0 spiro atoms. The lowest BCUT2D eigenvalue weighted by atomic mass is 9.91. The summed E-state index contributed by atoms with van der Waals surface area (Å²) in [6, 6.07) is -0.539. The van der Waals surface area contributed by atoms with Crippen LogP contribution < -0.4 is 5.32 Å². The lowest BCUT2D eigenvalue weighted by Crippen LogP contribution is -2.51. The molecule has 0 saturated carbocycles. The third-order valence-electron chi connectivity index (χ3n) is 3.17. The largest absolute Gasteiger partial charge is 0.401 e. The third-order valence-corrected chi connectivity index (χ3v) is 3.17. The second-order valence-electron chi connectivity index (χ2n) is 4.97.